The fourth-order valence-corrected chi connectivity index (χ4v) is 8.95. The zero-order valence-electron chi connectivity index (χ0n) is 20.4. The molecule has 0 heterocycles. The minimum absolute atomic E-state index is 0.0668. The molecule has 0 aromatic carbocycles. The molecule has 11 atom stereocenters. The number of aliphatic carboxylic acids is 1. The normalized spacial score (nSPS) is 47.7. The van der Waals surface area contributed by atoms with Gasteiger partial charge in [0, 0.05) is 6.42 Å². The average molecular weight is 466 g/mol. The van der Waals surface area contributed by atoms with Crippen LogP contribution in [-0.2, 0) is 9.59 Å². The van der Waals surface area contributed by atoms with E-state index in [1.165, 1.54) is 0 Å². The highest BCUT2D eigenvalue weighted by Gasteiger charge is 2.65. The molecule has 1 amide bonds. The summed E-state index contributed by atoms with van der Waals surface area (Å²) in [5.74, 6) is 0.265. The molecule has 7 nitrogen and oxygen atoms in total. The van der Waals surface area contributed by atoms with Gasteiger partial charge in [-0.3, -0.25) is 9.59 Å². The number of rotatable bonds is 6. The highest BCUT2D eigenvalue weighted by Crippen LogP contribution is 2.68. The molecule has 0 aliphatic heterocycles. The lowest BCUT2D eigenvalue weighted by Gasteiger charge is -2.63. The van der Waals surface area contributed by atoms with Crippen molar-refractivity contribution in [1.29, 1.82) is 0 Å². The Kier molecular flexibility index (Phi) is 6.89. The van der Waals surface area contributed by atoms with Crippen LogP contribution in [0.2, 0.25) is 0 Å². The van der Waals surface area contributed by atoms with Crippen LogP contribution < -0.4 is 5.32 Å². The Bertz CT molecular complexity index is 759. The number of aliphatic hydroxyl groups is 3. The van der Waals surface area contributed by atoms with Crippen LogP contribution in [0.3, 0.4) is 0 Å². The monoisotopic (exact) mass is 465 g/mol. The zero-order chi connectivity index (χ0) is 24.1. The van der Waals surface area contributed by atoms with Crippen LogP contribution in [-0.4, -0.2) is 57.2 Å². The van der Waals surface area contributed by atoms with Gasteiger partial charge in [-0.05, 0) is 97.7 Å². The van der Waals surface area contributed by atoms with Crippen molar-refractivity contribution in [3.63, 3.8) is 0 Å². The molecule has 4 saturated carbocycles. The molecule has 4 aliphatic rings. The van der Waals surface area contributed by atoms with Crippen molar-refractivity contribution >= 4 is 11.9 Å². The largest absolute Gasteiger partial charge is 0.480 e. The lowest BCUT2D eigenvalue weighted by molar-refractivity contribution is -0.207. The smallest absolute Gasteiger partial charge is 0.322 e. The fourth-order valence-electron chi connectivity index (χ4n) is 8.95. The molecule has 0 spiro atoms. The van der Waals surface area contributed by atoms with E-state index in [1.54, 1.807) is 0 Å². The molecule has 4 aliphatic carbocycles. The van der Waals surface area contributed by atoms with Gasteiger partial charge >= 0.3 is 5.97 Å². The Morgan fingerprint density at radius 1 is 1.03 bits per heavy atom. The van der Waals surface area contributed by atoms with Gasteiger partial charge in [0.2, 0.25) is 5.91 Å². The van der Waals surface area contributed by atoms with E-state index in [9.17, 15) is 24.9 Å². The van der Waals surface area contributed by atoms with E-state index >= 15 is 0 Å². The molecule has 4 rings (SSSR count). The average Bonchev–Trinajstić information content (AvgIpc) is 3.11. The summed E-state index contributed by atoms with van der Waals surface area (Å²) in [6, 6.07) is 0. The number of carbonyl (C=O) groups excluding carboxylic acids is 1. The van der Waals surface area contributed by atoms with Gasteiger partial charge in [-0.15, -0.1) is 0 Å². The lowest BCUT2D eigenvalue weighted by Crippen LogP contribution is -2.62. The summed E-state index contributed by atoms with van der Waals surface area (Å²) in [6.45, 7) is 6.35. The first-order chi connectivity index (χ1) is 15.5. The number of carbonyl (C=O) groups is 2. The van der Waals surface area contributed by atoms with E-state index in [0.29, 0.717) is 25.2 Å². The molecular formula is C26H43NO6. The Morgan fingerprint density at radius 3 is 2.45 bits per heavy atom. The molecule has 4 fully saturated rings. The van der Waals surface area contributed by atoms with Gasteiger partial charge in [-0.25, -0.2) is 0 Å². The van der Waals surface area contributed by atoms with Crippen LogP contribution in [0.5, 0.6) is 0 Å². The van der Waals surface area contributed by atoms with Gasteiger partial charge in [0.1, 0.15) is 6.54 Å². The summed E-state index contributed by atoms with van der Waals surface area (Å²) < 4.78 is 0. The summed E-state index contributed by atoms with van der Waals surface area (Å²) in [6.07, 6.45) is 5.86. The van der Waals surface area contributed by atoms with Crippen molar-refractivity contribution in [2.75, 3.05) is 6.54 Å². The van der Waals surface area contributed by atoms with Crippen molar-refractivity contribution in [3.05, 3.63) is 0 Å². The maximum absolute atomic E-state index is 12.0. The Morgan fingerprint density at radius 2 is 1.76 bits per heavy atom. The van der Waals surface area contributed by atoms with E-state index in [-0.39, 0.29) is 65.1 Å². The lowest BCUT2D eigenvalue weighted by atomic mass is 9.43. The standard InChI is InChI=1S/C26H43NO6/c1-14(4-7-22(31)27-13-23(32)33)17-5-6-18-24-19(12-21(30)26(17,18)3)25(2)9-8-16(28)10-15(25)11-20(24)29/h14-21,24,28-30H,4-13H2,1-3H3,(H,27,31)(H,32,33)/t14-,15+,16-,17-,18+,19+,20+,21+,24+,25+,26-/m1/s1. The second kappa shape index (κ2) is 9.12. The Balaban J connectivity index is 1.49. The Labute approximate surface area is 197 Å². The molecule has 7 heteroatoms. The van der Waals surface area contributed by atoms with Crippen LogP contribution in [0.4, 0.5) is 0 Å². The molecule has 5 N–H and O–H groups in total. The van der Waals surface area contributed by atoms with Crippen molar-refractivity contribution in [2.45, 2.75) is 96.9 Å². The van der Waals surface area contributed by atoms with Gasteiger partial charge in [0.05, 0.1) is 18.3 Å². The zero-order valence-corrected chi connectivity index (χ0v) is 20.4. The van der Waals surface area contributed by atoms with E-state index in [2.05, 4.69) is 26.1 Å². The van der Waals surface area contributed by atoms with E-state index in [0.717, 1.165) is 38.5 Å². The summed E-state index contributed by atoms with van der Waals surface area (Å²) >= 11 is 0. The summed E-state index contributed by atoms with van der Waals surface area (Å²) in [7, 11) is 0. The summed E-state index contributed by atoms with van der Waals surface area (Å²) in [5.41, 5.74) is -0.214. The second-order valence-electron chi connectivity index (χ2n) is 12.2. The topological polar surface area (TPSA) is 127 Å². The molecule has 0 radical (unpaired) electrons. The van der Waals surface area contributed by atoms with Crippen molar-refractivity contribution in [2.24, 2.45) is 46.3 Å². The van der Waals surface area contributed by atoms with Crippen LogP contribution in [0.25, 0.3) is 0 Å². The molecule has 33 heavy (non-hydrogen) atoms. The molecule has 0 saturated heterocycles. The number of hydrogen-bond acceptors (Lipinski definition) is 5. The van der Waals surface area contributed by atoms with Gasteiger partial charge in [-0.1, -0.05) is 20.8 Å². The first kappa shape index (κ1) is 24.9. The number of hydrogen-bond donors (Lipinski definition) is 5. The van der Waals surface area contributed by atoms with Crippen LogP contribution in [0.1, 0.15) is 78.6 Å². The van der Waals surface area contributed by atoms with Crippen LogP contribution in [0, 0.1) is 46.3 Å². The Hall–Kier alpha value is -1.18. The van der Waals surface area contributed by atoms with Crippen LogP contribution in [0.15, 0.2) is 0 Å². The molecule has 0 aromatic rings. The minimum Gasteiger partial charge on any atom is -0.480 e. The van der Waals surface area contributed by atoms with Crippen LogP contribution >= 0.6 is 0 Å². The molecule has 188 valence electrons. The SMILES string of the molecule is C[C@H](CCC(=O)NCC(=O)O)[C@H]1CC[C@H]2[C@@H]3[C@@H](O)C[C@@H]4C[C@H](O)CC[C@]4(C)[C@H]3C[C@H](O)[C@]12C. The van der Waals surface area contributed by atoms with Crippen molar-refractivity contribution in [1.82, 2.24) is 5.32 Å². The second-order valence-corrected chi connectivity index (χ2v) is 12.2. The third kappa shape index (κ3) is 4.23. The predicted molar refractivity (Wildman–Crippen MR) is 123 cm³/mol. The number of aliphatic hydroxyl groups excluding tert-OH is 3. The van der Waals surface area contributed by atoms with Gasteiger partial charge in [-0.2, -0.15) is 0 Å². The van der Waals surface area contributed by atoms with Crippen molar-refractivity contribution in [3.8, 4) is 0 Å². The first-order valence-electron chi connectivity index (χ1n) is 13.0. The van der Waals surface area contributed by atoms with Gasteiger partial charge in [0.25, 0.3) is 0 Å². The van der Waals surface area contributed by atoms with E-state index in [1.807, 2.05) is 0 Å². The van der Waals surface area contributed by atoms with E-state index < -0.39 is 12.1 Å². The molecule has 0 aromatic heterocycles. The number of fused-ring (bicyclic) bond motifs is 5. The fraction of sp³-hybridized carbons (Fsp3) is 0.923. The van der Waals surface area contributed by atoms with Gasteiger partial charge < -0.3 is 25.7 Å². The van der Waals surface area contributed by atoms with Gasteiger partial charge in [0.15, 0.2) is 0 Å². The number of amides is 1. The van der Waals surface area contributed by atoms with Crippen molar-refractivity contribution < 1.29 is 30.0 Å². The molecule has 0 unspecified atom stereocenters. The highest BCUT2D eigenvalue weighted by molar-refractivity contribution is 5.81. The summed E-state index contributed by atoms with van der Waals surface area (Å²) in [4.78, 5) is 22.7. The third-order valence-electron chi connectivity index (χ3n) is 10.8. The predicted octanol–water partition coefficient (Wildman–Crippen LogP) is 2.56. The number of carboxylic acid groups (broad SMARTS) is 1. The molecular weight excluding hydrogens is 422 g/mol. The third-order valence-corrected chi connectivity index (χ3v) is 10.8. The molecule has 0 bridgehead atoms. The summed E-state index contributed by atoms with van der Waals surface area (Å²) in [5, 5.41) is 44.4. The highest BCUT2D eigenvalue weighted by atomic mass is 16.4. The number of carboxylic acids is 1. The first-order valence-corrected chi connectivity index (χ1v) is 13.0. The van der Waals surface area contributed by atoms with E-state index in [4.69, 9.17) is 5.11 Å². The quantitative estimate of drug-likeness (QED) is 0.410. The maximum Gasteiger partial charge on any atom is 0.322 e. The number of nitrogens with one attached hydrogen (secondary N) is 1. The maximum atomic E-state index is 12.0. The minimum atomic E-state index is -1.04.